The molecular formula is C30H25FN4O3. The van der Waals surface area contributed by atoms with Crippen LogP contribution in [0.4, 0.5) is 10.1 Å². The number of nitrogens with one attached hydrogen (secondary N) is 1. The molecule has 4 unspecified atom stereocenters. The number of hydrogen-bond donors (Lipinski definition) is 1. The van der Waals surface area contributed by atoms with Crippen LogP contribution in [0.15, 0.2) is 77.6 Å². The van der Waals surface area contributed by atoms with E-state index in [1.165, 1.54) is 18.2 Å². The van der Waals surface area contributed by atoms with E-state index in [9.17, 15) is 18.8 Å². The summed E-state index contributed by atoms with van der Waals surface area (Å²) >= 11 is 0. The van der Waals surface area contributed by atoms with Crippen molar-refractivity contribution in [2.45, 2.75) is 31.8 Å². The van der Waals surface area contributed by atoms with Gasteiger partial charge in [-0.05, 0) is 42.7 Å². The van der Waals surface area contributed by atoms with Gasteiger partial charge >= 0.3 is 0 Å². The van der Waals surface area contributed by atoms with E-state index in [1.807, 2.05) is 30.3 Å². The van der Waals surface area contributed by atoms with Gasteiger partial charge in [-0.2, -0.15) is 0 Å². The topological polar surface area (TPSA) is 84.3 Å². The number of carbonyl (C=O) groups excluding carboxylic acids is 2. The molecule has 3 aromatic carbocycles. The Labute approximate surface area is 217 Å². The number of hydrogen-bond acceptors (Lipinski definition) is 5. The third-order valence-corrected chi connectivity index (χ3v) is 8.18. The molecule has 0 saturated carbocycles. The first-order valence-electron chi connectivity index (χ1n) is 12.9. The van der Waals surface area contributed by atoms with Gasteiger partial charge in [-0.25, -0.2) is 14.3 Å². The molecule has 38 heavy (non-hydrogen) atoms. The fraction of sp³-hybridized carbons (Fsp3) is 0.267. The SMILES string of the molecule is CC(C)CC1NC2(c3ccccc3-n3c2nc2ccccc2c3=O)C2C(=O)N(c3ccccc3F)C(=O)C12. The Balaban J connectivity index is 1.53. The Morgan fingerprint density at radius 2 is 1.61 bits per heavy atom. The first-order chi connectivity index (χ1) is 18.3. The quantitative estimate of drug-likeness (QED) is 0.425. The van der Waals surface area contributed by atoms with Gasteiger partial charge in [-0.1, -0.05) is 56.3 Å². The maximum absolute atomic E-state index is 14.9. The summed E-state index contributed by atoms with van der Waals surface area (Å²) < 4.78 is 16.5. The lowest BCUT2D eigenvalue weighted by Gasteiger charge is -2.32. The van der Waals surface area contributed by atoms with Crippen molar-refractivity contribution in [3.8, 4) is 5.69 Å². The highest BCUT2D eigenvalue weighted by Crippen LogP contribution is 2.56. The monoisotopic (exact) mass is 508 g/mol. The first kappa shape index (κ1) is 23.0. The molecule has 0 radical (unpaired) electrons. The maximum Gasteiger partial charge on any atom is 0.266 e. The average molecular weight is 509 g/mol. The highest BCUT2D eigenvalue weighted by Gasteiger charge is 2.69. The molecule has 8 heteroatoms. The fourth-order valence-corrected chi connectivity index (χ4v) is 6.80. The molecule has 0 aliphatic carbocycles. The Kier molecular flexibility index (Phi) is 4.79. The van der Waals surface area contributed by atoms with Crippen LogP contribution in [-0.2, 0) is 15.1 Å². The lowest BCUT2D eigenvalue weighted by Crippen LogP contribution is -2.50. The lowest BCUT2D eigenvalue weighted by atomic mass is 9.75. The van der Waals surface area contributed by atoms with Crippen molar-refractivity contribution in [1.82, 2.24) is 14.9 Å². The zero-order valence-corrected chi connectivity index (χ0v) is 20.9. The van der Waals surface area contributed by atoms with E-state index in [1.54, 1.807) is 28.8 Å². The van der Waals surface area contributed by atoms with Crippen LogP contribution in [0.1, 0.15) is 31.7 Å². The van der Waals surface area contributed by atoms with Crippen molar-refractivity contribution in [3.05, 3.63) is 100 Å². The molecule has 3 aliphatic heterocycles. The molecular weight excluding hydrogens is 483 g/mol. The van der Waals surface area contributed by atoms with Gasteiger partial charge in [0.25, 0.3) is 5.56 Å². The number of carbonyl (C=O) groups is 2. The zero-order valence-electron chi connectivity index (χ0n) is 20.9. The summed E-state index contributed by atoms with van der Waals surface area (Å²) in [5, 5.41) is 4.14. The molecule has 2 amide bonds. The third kappa shape index (κ3) is 2.81. The van der Waals surface area contributed by atoms with Crippen LogP contribution in [0, 0.1) is 23.6 Å². The van der Waals surface area contributed by atoms with E-state index in [0.29, 0.717) is 28.8 Å². The molecule has 3 aliphatic rings. The summed E-state index contributed by atoms with van der Waals surface area (Å²) in [5.41, 5.74) is 0.360. The van der Waals surface area contributed by atoms with Crippen molar-refractivity contribution in [2.75, 3.05) is 4.90 Å². The maximum atomic E-state index is 14.9. The van der Waals surface area contributed by atoms with E-state index >= 15 is 0 Å². The summed E-state index contributed by atoms with van der Waals surface area (Å²) in [7, 11) is 0. The number of fused-ring (bicyclic) bond motifs is 8. The van der Waals surface area contributed by atoms with Crippen LogP contribution in [0.2, 0.25) is 0 Å². The van der Waals surface area contributed by atoms with Gasteiger partial charge in [0.15, 0.2) is 0 Å². The number of amides is 2. The molecule has 0 bridgehead atoms. The molecule has 7 rings (SSSR count). The number of benzene rings is 3. The van der Waals surface area contributed by atoms with Crippen LogP contribution in [0.25, 0.3) is 16.6 Å². The van der Waals surface area contributed by atoms with E-state index in [0.717, 1.165) is 10.5 Å². The Bertz CT molecular complexity index is 1730. The Morgan fingerprint density at radius 3 is 2.37 bits per heavy atom. The van der Waals surface area contributed by atoms with Crippen LogP contribution in [-0.4, -0.2) is 27.4 Å². The molecule has 1 N–H and O–H groups in total. The van der Waals surface area contributed by atoms with Crippen LogP contribution < -0.4 is 15.8 Å². The molecule has 4 atom stereocenters. The number of aromatic nitrogens is 2. The number of para-hydroxylation sites is 3. The van der Waals surface area contributed by atoms with Gasteiger partial charge in [0.2, 0.25) is 11.8 Å². The minimum absolute atomic E-state index is 0.0505. The van der Waals surface area contributed by atoms with Gasteiger partial charge in [0.1, 0.15) is 17.2 Å². The average Bonchev–Trinajstić information content (AvgIpc) is 3.48. The lowest BCUT2D eigenvalue weighted by molar-refractivity contribution is -0.123. The summed E-state index contributed by atoms with van der Waals surface area (Å²) in [4.78, 5) is 48.1. The van der Waals surface area contributed by atoms with Gasteiger partial charge in [-0.15, -0.1) is 0 Å². The number of imide groups is 1. The van der Waals surface area contributed by atoms with Crippen molar-refractivity contribution < 1.29 is 14.0 Å². The van der Waals surface area contributed by atoms with E-state index in [4.69, 9.17) is 4.98 Å². The zero-order chi connectivity index (χ0) is 26.3. The molecule has 4 heterocycles. The third-order valence-electron chi connectivity index (χ3n) is 8.18. The van der Waals surface area contributed by atoms with Crippen molar-refractivity contribution in [3.63, 3.8) is 0 Å². The smallest absolute Gasteiger partial charge is 0.266 e. The van der Waals surface area contributed by atoms with E-state index < -0.39 is 35.0 Å². The Morgan fingerprint density at radius 1 is 0.921 bits per heavy atom. The summed E-state index contributed by atoms with van der Waals surface area (Å²) in [6.07, 6.45) is 0.618. The Hall–Kier alpha value is -4.17. The van der Waals surface area contributed by atoms with Gasteiger partial charge in [0.05, 0.1) is 34.1 Å². The number of halogens is 1. The molecule has 7 nitrogen and oxygen atoms in total. The fourth-order valence-electron chi connectivity index (χ4n) is 6.80. The summed E-state index contributed by atoms with van der Waals surface area (Å²) in [6.45, 7) is 4.12. The molecule has 1 spiro atoms. The van der Waals surface area contributed by atoms with Gasteiger partial charge < -0.3 is 0 Å². The number of nitrogens with zero attached hydrogens (tertiary/aromatic N) is 3. The van der Waals surface area contributed by atoms with Crippen molar-refractivity contribution in [2.24, 2.45) is 17.8 Å². The highest BCUT2D eigenvalue weighted by atomic mass is 19.1. The largest absolute Gasteiger partial charge is 0.297 e. The highest BCUT2D eigenvalue weighted by molar-refractivity contribution is 6.23. The van der Waals surface area contributed by atoms with E-state index in [-0.39, 0.29) is 23.2 Å². The molecule has 2 fully saturated rings. The van der Waals surface area contributed by atoms with Crippen molar-refractivity contribution >= 4 is 28.4 Å². The minimum Gasteiger partial charge on any atom is -0.297 e. The second-order valence-electron chi connectivity index (χ2n) is 10.8. The van der Waals surface area contributed by atoms with Gasteiger partial charge in [0, 0.05) is 11.6 Å². The van der Waals surface area contributed by atoms with Crippen LogP contribution in [0.3, 0.4) is 0 Å². The summed E-state index contributed by atoms with van der Waals surface area (Å²) in [6, 6.07) is 20.0. The van der Waals surface area contributed by atoms with E-state index in [2.05, 4.69) is 19.2 Å². The number of rotatable bonds is 3. The normalized spacial score (nSPS) is 25.5. The second kappa shape index (κ2) is 7.91. The molecule has 1 aromatic heterocycles. The predicted molar refractivity (Wildman–Crippen MR) is 140 cm³/mol. The summed E-state index contributed by atoms with van der Waals surface area (Å²) in [5.74, 6) is -2.59. The molecule has 2 saturated heterocycles. The van der Waals surface area contributed by atoms with Crippen molar-refractivity contribution in [1.29, 1.82) is 0 Å². The molecule has 190 valence electrons. The minimum atomic E-state index is -1.23. The predicted octanol–water partition coefficient (Wildman–Crippen LogP) is 3.91. The molecule has 4 aromatic rings. The number of anilines is 1. The van der Waals surface area contributed by atoms with Crippen LogP contribution in [0.5, 0.6) is 0 Å². The van der Waals surface area contributed by atoms with Crippen LogP contribution >= 0.6 is 0 Å². The first-order valence-corrected chi connectivity index (χ1v) is 12.9. The van der Waals surface area contributed by atoms with Gasteiger partial charge in [-0.3, -0.25) is 24.3 Å². The standard InChI is InChI=1S/C30H25FN4O3/c1-16(2)15-21-24-25(28(38)34(27(24)37)23-14-8-5-11-19(23)31)30(33-21)18-10-4-7-13-22(18)35-26(36)17-9-3-6-12-20(17)32-29(30)35/h3-14,16,21,24-25,33H,15H2,1-2H3. The second-order valence-corrected chi connectivity index (χ2v) is 10.8.